The lowest BCUT2D eigenvalue weighted by Gasteiger charge is -2.11. The fourth-order valence-corrected chi connectivity index (χ4v) is 1.65. The average Bonchev–Trinajstić information content (AvgIpc) is 2.48. The smallest absolute Gasteiger partial charge is 0.319 e. The number of nitrogens with one attached hydrogen (secondary N) is 3. The number of nitrogens with zero attached hydrogens (tertiary/aromatic N) is 1. The lowest BCUT2D eigenvalue weighted by molar-refractivity contribution is -0.128. The van der Waals surface area contributed by atoms with E-state index in [0.717, 1.165) is 0 Å². The third-order valence-electron chi connectivity index (χ3n) is 2.87. The predicted octanol–water partition coefficient (Wildman–Crippen LogP) is 1.04. The van der Waals surface area contributed by atoms with Gasteiger partial charge in [0.1, 0.15) is 0 Å². The molecule has 0 aliphatic carbocycles. The molecule has 0 fully saturated rings. The Labute approximate surface area is 130 Å². The third-order valence-corrected chi connectivity index (χ3v) is 2.87. The van der Waals surface area contributed by atoms with Crippen LogP contribution in [0.1, 0.15) is 23.7 Å². The highest BCUT2D eigenvalue weighted by Crippen LogP contribution is 2.09. The molecule has 0 atom stereocenters. The Kier molecular flexibility index (Phi) is 6.88. The first-order chi connectivity index (χ1) is 10.4. The highest BCUT2D eigenvalue weighted by molar-refractivity contribution is 5.95. The van der Waals surface area contributed by atoms with Crippen LogP contribution in [0, 0.1) is 0 Å². The minimum atomic E-state index is -0.391. The SMILES string of the molecule is CCNC(=O)c1ccc(NC(=O)NCCC(=O)N(C)C)cc1. The Morgan fingerprint density at radius 1 is 1.05 bits per heavy atom. The van der Waals surface area contributed by atoms with Gasteiger partial charge in [-0.3, -0.25) is 9.59 Å². The molecule has 4 amide bonds. The number of anilines is 1. The number of carbonyl (C=O) groups excluding carboxylic acids is 3. The second-order valence-electron chi connectivity index (χ2n) is 4.86. The molecule has 7 nitrogen and oxygen atoms in total. The van der Waals surface area contributed by atoms with Crippen LogP contribution < -0.4 is 16.0 Å². The van der Waals surface area contributed by atoms with Crippen LogP contribution in [0.15, 0.2) is 24.3 Å². The summed E-state index contributed by atoms with van der Waals surface area (Å²) < 4.78 is 0. The summed E-state index contributed by atoms with van der Waals surface area (Å²) in [6, 6.07) is 6.17. The molecular weight excluding hydrogens is 284 g/mol. The van der Waals surface area contributed by atoms with Gasteiger partial charge in [0.25, 0.3) is 5.91 Å². The van der Waals surface area contributed by atoms with Crippen LogP contribution in [-0.4, -0.2) is 49.9 Å². The summed E-state index contributed by atoms with van der Waals surface area (Å²) in [4.78, 5) is 36.1. The van der Waals surface area contributed by atoms with Crippen molar-refractivity contribution < 1.29 is 14.4 Å². The van der Waals surface area contributed by atoms with Gasteiger partial charge in [-0.2, -0.15) is 0 Å². The van der Waals surface area contributed by atoms with Crippen molar-refractivity contribution in [2.45, 2.75) is 13.3 Å². The van der Waals surface area contributed by atoms with Crippen LogP contribution in [-0.2, 0) is 4.79 Å². The number of hydrogen-bond donors (Lipinski definition) is 3. The van der Waals surface area contributed by atoms with Crippen LogP contribution in [0.5, 0.6) is 0 Å². The first-order valence-electron chi connectivity index (χ1n) is 7.07. The van der Waals surface area contributed by atoms with Crippen LogP contribution in [0.4, 0.5) is 10.5 Å². The summed E-state index contributed by atoms with van der Waals surface area (Å²) in [7, 11) is 3.33. The zero-order valence-electron chi connectivity index (χ0n) is 13.1. The topological polar surface area (TPSA) is 90.5 Å². The number of urea groups is 1. The van der Waals surface area contributed by atoms with E-state index in [-0.39, 0.29) is 24.8 Å². The molecular formula is C15H22N4O3. The molecule has 1 aromatic carbocycles. The molecule has 0 aliphatic rings. The number of rotatable bonds is 6. The fraction of sp³-hybridized carbons (Fsp3) is 0.400. The van der Waals surface area contributed by atoms with E-state index >= 15 is 0 Å². The van der Waals surface area contributed by atoms with Gasteiger partial charge in [-0.05, 0) is 31.2 Å². The standard InChI is InChI=1S/C15H22N4O3/c1-4-16-14(21)11-5-7-12(8-6-11)18-15(22)17-10-9-13(20)19(2)3/h5-8H,4,9-10H2,1-3H3,(H,16,21)(H2,17,18,22). The second kappa shape index (κ2) is 8.66. The molecule has 7 heteroatoms. The number of hydrogen-bond acceptors (Lipinski definition) is 3. The van der Waals surface area contributed by atoms with Gasteiger partial charge in [-0.15, -0.1) is 0 Å². The maximum atomic E-state index is 11.7. The number of amides is 4. The number of benzene rings is 1. The van der Waals surface area contributed by atoms with Crippen molar-refractivity contribution in [1.29, 1.82) is 0 Å². The summed E-state index contributed by atoms with van der Waals surface area (Å²) in [5.41, 5.74) is 1.11. The molecule has 0 heterocycles. The first-order valence-corrected chi connectivity index (χ1v) is 7.07. The Bertz CT molecular complexity index is 526. The van der Waals surface area contributed by atoms with Gasteiger partial charge in [0.2, 0.25) is 5.91 Å². The molecule has 0 saturated heterocycles. The quantitative estimate of drug-likeness (QED) is 0.733. The van der Waals surface area contributed by atoms with Gasteiger partial charge in [-0.1, -0.05) is 0 Å². The summed E-state index contributed by atoms with van der Waals surface area (Å²) >= 11 is 0. The Hall–Kier alpha value is -2.57. The first kappa shape index (κ1) is 17.5. The second-order valence-corrected chi connectivity index (χ2v) is 4.86. The fourth-order valence-electron chi connectivity index (χ4n) is 1.65. The molecule has 120 valence electrons. The third kappa shape index (κ3) is 5.82. The maximum absolute atomic E-state index is 11.7. The molecule has 0 radical (unpaired) electrons. The van der Waals surface area contributed by atoms with Crippen molar-refractivity contribution in [2.75, 3.05) is 32.5 Å². The largest absolute Gasteiger partial charge is 0.352 e. The van der Waals surface area contributed by atoms with Crippen molar-refractivity contribution in [1.82, 2.24) is 15.5 Å². The monoisotopic (exact) mass is 306 g/mol. The Morgan fingerprint density at radius 3 is 2.23 bits per heavy atom. The highest BCUT2D eigenvalue weighted by Gasteiger charge is 2.07. The number of carbonyl (C=O) groups is 3. The normalized spacial score (nSPS) is 9.77. The van der Waals surface area contributed by atoms with Crippen LogP contribution in [0.2, 0.25) is 0 Å². The van der Waals surface area contributed by atoms with Crippen molar-refractivity contribution in [3.05, 3.63) is 29.8 Å². The highest BCUT2D eigenvalue weighted by atomic mass is 16.2. The summed E-state index contributed by atoms with van der Waals surface area (Å²) in [5, 5.41) is 7.93. The van der Waals surface area contributed by atoms with Gasteiger partial charge >= 0.3 is 6.03 Å². The lowest BCUT2D eigenvalue weighted by atomic mass is 10.2. The lowest BCUT2D eigenvalue weighted by Crippen LogP contribution is -2.33. The predicted molar refractivity (Wildman–Crippen MR) is 84.8 cm³/mol. The molecule has 0 aliphatic heterocycles. The molecule has 3 N–H and O–H groups in total. The van der Waals surface area contributed by atoms with E-state index in [2.05, 4.69) is 16.0 Å². The van der Waals surface area contributed by atoms with Gasteiger partial charge in [0.15, 0.2) is 0 Å². The molecule has 1 rings (SSSR count). The molecule has 0 unspecified atom stereocenters. The van der Waals surface area contributed by atoms with E-state index in [1.807, 2.05) is 6.92 Å². The van der Waals surface area contributed by atoms with Gasteiger partial charge in [-0.25, -0.2) is 4.79 Å². The zero-order valence-corrected chi connectivity index (χ0v) is 13.1. The maximum Gasteiger partial charge on any atom is 0.319 e. The molecule has 22 heavy (non-hydrogen) atoms. The van der Waals surface area contributed by atoms with Crippen molar-refractivity contribution >= 4 is 23.5 Å². The molecule has 0 bridgehead atoms. The van der Waals surface area contributed by atoms with E-state index in [9.17, 15) is 14.4 Å². The van der Waals surface area contributed by atoms with Gasteiger partial charge in [0, 0.05) is 44.9 Å². The van der Waals surface area contributed by atoms with Crippen LogP contribution in [0.3, 0.4) is 0 Å². The summed E-state index contributed by atoms with van der Waals surface area (Å²) in [5.74, 6) is -0.202. The van der Waals surface area contributed by atoms with E-state index in [0.29, 0.717) is 17.8 Å². The van der Waals surface area contributed by atoms with Crippen molar-refractivity contribution in [3.8, 4) is 0 Å². The minimum absolute atomic E-state index is 0.0495. The zero-order chi connectivity index (χ0) is 16.5. The summed E-state index contributed by atoms with van der Waals surface area (Å²) in [6.07, 6.45) is 0.247. The summed E-state index contributed by atoms with van der Waals surface area (Å²) in [6.45, 7) is 2.67. The van der Waals surface area contributed by atoms with Gasteiger partial charge < -0.3 is 20.9 Å². The molecule has 0 aromatic heterocycles. The van der Waals surface area contributed by atoms with Crippen molar-refractivity contribution in [2.24, 2.45) is 0 Å². The van der Waals surface area contributed by atoms with E-state index in [1.165, 1.54) is 4.90 Å². The molecule has 0 saturated carbocycles. The Morgan fingerprint density at radius 2 is 1.68 bits per heavy atom. The van der Waals surface area contributed by atoms with Crippen LogP contribution in [0.25, 0.3) is 0 Å². The molecule has 1 aromatic rings. The van der Waals surface area contributed by atoms with E-state index in [4.69, 9.17) is 0 Å². The van der Waals surface area contributed by atoms with E-state index in [1.54, 1.807) is 38.4 Å². The minimum Gasteiger partial charge on any atom is -0.352 e. The molecule has 0 spiro atoms. The van der Waals surface area contributed by atoms with Crippen LogP contribution >= 0.6 is 0 Å². The van der Waals surface area contributed by atoms with E-state index < -0.39 is 6.03 Å². The van der Waals surface area contributed by atoms with Crippen molar-refractivity contribution in [3.63, 3.8) is 0 Å². The Balaban J connectivity index is 2.41. The van der Waals surface area contributed by atoms with Gasteiger partial charge in [0.05, 0.1) is 0 Å². The average molecular weight is 306 g/mol.